The average Bonchev–Trinajstić information content (AvgIpc) is 2.40. The van der Waals surface area contributed by atoms with Gasteiger partial charge in [0.1, 0.15) is 5.75 Å². The molecule has 1 N–H and O–H groups in total. The minimum absolute atomic E-state index is 0.133. The van der Waals surface area contributed by atoms with Crippen LogP contribution in [0.4, 0.5) is 0 Å². The minimum Gasteiger partial charge on any atom is -0.478 e. The molecule has 2 aromatic rings. The number of aryl methyl sites for hydroxylation is 1. The van der Waals surface area contributed by atoms with E-state index in [1.165, 1.54) is 12.1 Å². The van der Waals surface area contributed by atoms with Crippen molar-refractivity contribution in [2.24, 2.45) is 0 Å². The molecule has 5 heteroatoms. The number of carbonyl (C=O) groups is 1. The zero-order chi connectivity index (χ0) is 14.5. The number of carboxylic acid groups (broad SMARTS) is 1. The first kappa shape index (κ1) is 13.6. The van der Waals surface area contributed by atoms with Crippen molar-refractivity contribution in [2.75, 3.05) is 0 Å². The average molecular weight is 268 g/mol. The smallest absolute Gasteiger partial charge is 0.335 e. The van der Waals surface area contributed by atoms with Crippen molar-refractivity contribution in [3.05, 3.63) is 53.2 Å². The normalized spacial score (nSPS) is 9.80. The maximum atomic E-state index is 11.0. The van der Waals surface area contributed by atoms with E-state index in [4.69, 9.17) is 15.1 Å². The zero-order valence-electron chi connectivity index (χ0n) is 10.8. The molecule has 0 radical (unpaired) electrons. The molecule has 2 rings (SSSR count). The third-order valence-corrected chi connectivity index (χ3v) is 2.61. The van der Waals surface area contributed by atoms with Crippen LogP contribution in [-0.4, -0.2) is 16.1 Å². The van der Waals surface area contributed by atoms with Crippen LogP contribution in [0.2, 0.25) is 0 Å². The summed E-state index contributed by atoms with van der Waals surface area (Å²) in [5.74, 6) is -0.249. The second-order valence-electron chi connectivity index (χ2n) is 4.22. The number of hydrogen-bond acceptors (Lipinski definition) is 4. The fraction of sp³-hybridized carbons (Fsp3) is 0.133. The maximum absolute atomic E-state index is 11.0. The minimum atomic E-state index is -1.02. The fourth-order valence-corrected chi connectivity index (χ4v) is 1.70. The third-order valence-electron chi connectivity index (χ3n) is 2.61. The van der Waals surface area contributed by atoms with E-state index in [1.807, 2.05) is 0 Å². The summed E-state index contributed by atoms with van der Waals surface area (Å²) in [6.45, 7) is 1.70. The van der Waals surface area contributed by atoms with Crippen molar-refractivity contribution >= 4 is 5.97 Å². The number of carboxylic acids is 1. The molecule has 0 unspecified atom stereocenters. The number of aromatic nitrogens is 1. The maximum Gasteiger partial charge on any atom is 0.335 e. The lowest BCUT2D eigenvalue weighted by molar-refractivity contribution is 0.0696. The van der Waals surface area contributed by atoms with E-state index in [1.54, 1.807) is 31.2 Å². The second kappa shape index (κ2) is 5.85. The Bertz CT molecular complexity index is 673. The molecule has 0 bridgehead atoms. The van der Waals surface area contributed by atoms with Gasteiger partial charge in [-0.05, 0) is 30.7 Å². The number of aromatic carboxylic acids is 1. The van der Waals surface area contributed by atoms with Crippen molar-refractivity contribution in [2.45, 2.75) is 13.3 Å². The van der Waals surface area contributed by atoms with E-state index in [9.17, 15) is 4.79 Å². The summed E-state index contributed by atoms with van der Waals surface area (Å²) in [6.07, 6.45) is 0.339. The van der Waals surface area contributed by atoms with E-state index in [-0.39, 0.29) is 11.4 Å². The van der Waals surface area contributed by atoms with Gasteiger partial charge in [0, 0.05) is 11.8 Å². The van der Waals surface area contributed by atoms with Crippen molar-refractivity contribution < 1.29 is 14.6 Å². The van der Waals surface area contributed by atoms with Crippen LogP contribution in [0.5, 0.6) is 11.6 Å². The molecule has 1 aromatic heterocycles. The van der Waals surface area contributed by atoms with Gasteiger partial charge in [-0.3, -0.25) is 0 Å². The summed E-state index contributed by atoms with van der Waals surface area (Å²) in [5, 5.41) is 17.6. The molecule has 0 amide bonds. The lowest BCUT2D eigenvalue weighted by Crippen LogP contribution is -2.00. The van der Waals surface area contributed by atoms with Gasteiger partial charge in [-0.2, -0.15) is 5.26 Å². The Kier molecular flexibility index (Phi) is 3.96. The molecule has 0 aliphatic heterocycles. The monoisotopic (exact) mass is 268 g/mol. The SMILES string of the molecule is Cc1cc(C(=O)O)cc(Oc2ccc(CC#N)cc2)n1. The quantitative estimate of drug-likeness (QED) is 0.921. The Labute approximate surface area is 116 Å². The zero-order valence-corrected chi connectivity index (χ0v) is 10.8. The molecule has 0 saturated heterocycles. The summed E-state index contributed by atoms with van der Waals surface area (Å²) in [5.41, 5.74) is 1.60. The Hall–Kier alpha value is -2.87. The number of benzene rings is 1. The number of pyridine rings is 1. The highest BCUT2D eigenvalue weighted by Crippen LogP contribution is 2.21. The Morgan fingerprint density at radius 3 is 2.65 bits per heavy atom. The van der Waals surface area contributed by atoms with Gasteiger partial charge in [0.05, 0.1) is 18.1 Å². The van der Waals surface area contributed by atoms with Crippen LogP contribution < -0.4 is 4.74 Å². The second-order valence-corrected chi connectivity index (χ2v) is 4.22. The summed E-state index contributed by atoms with van der Waals surface area (Å²) in [7, 11) is 0. The van der Waals surface area contributed by atoms with E-state index in [0.717, 1.165) is 5.56 Å². The Balaban J connectivity index is 2.21. The topological polar surface area (TPSA) is 83.2 Å². The first-order chi connectivity index (χ1) is 9.58. The van der Waals surface area contributed by atoms with Crippen LogP contribution in [-0.2, 0) is 6.42 Å². The summed E-state index contributed by atoms with van der Waals surface area (Å²) >= 11 is 0. The van der Waals surface area contributed by atoms with Crippen LogP contribution in [0.1, 0.15) is 21.6 Å². The molecule has 100 valence electrons. The largest absolute Gasteiger partial charge is 0.478 e. The standard InChI is InChI=1S/C15H12N2O3/c1-10-8-12(15(18)19)9-14(17-10)20-13-4-2-11(3-5-13)6-7-16/h2-5,8-9H,6H2,1H3,(H,18,19). The highest BCUT2D eigenvalue weighted by molar-refractivity contribution is 5.88. The Morgan fingerprint density at radius 1 is 1.35 bits per heavy atom. The van der Waals surface area contributed by atoms with Crippen molar-refractivity contribution in [1.82, 2.24) is 4.98 Å². The molecular formula is C15H12N2O3. The number of rotatable bonds is 4. The summed E-state index contributed by atoms with van der Waals surface area (Å²) < 4.78 is 5.53. The lowest BCUT2D eigenvalue weighted by atomic mass is 10.2. The molecule has 1 aromatic carbocycles. The van der Waals surface area contributed by atoms with Gasteiger partial charge >= 0.3 is 5.97 Å². The van der Waals surface area contributed by atoms with Crippen LogP contribution >= 0.6 is 0 Å². The van der Waals surface area contributed by atoms with Gasteiger partial charge in [-0.25, -0.2) is 9.78 Å². The van der Waals surface area contributed by atoms with Crippen molar-refractivity contribution in [3.63, 3.8) is 0 Å². The molecule has 1 heterocycles. The third kappa shape index (κ3) is 3.33. The van der Waals surface area contributed by atoms with Gasteiger partial charge in [-0.1, -0.05) is 12.1 Å². The number of ether oxygens (including phenoxy) is 1. The van der Waals surface area contributed by atoms with Crippen molar-refractivity contribution in [3.8, 4) is 17.7 Å². The number of nitrogens with zero attached hydrogens (tertiary/aromatic N) is 2. The highest BCUT2D eigenvalue weighted by Gasteiger charge is 2.08. The van der Waals surface area contributed by atoms with Crippen LogP contribution in [0.3, 0.4) is 0 Å². The molecule has 0 atom stereocenters. The molecule has 0 fully saturated rings. The van der Waals surface area contributed by atoms with E-state index in [2.05, 4.69) is 11.1 Å². The molecule has 0 aliphatic rings. The van der Waals surface area contributed by atoms with Gasteiger partial charge in [0.15, 0.2) is 0 Å². The van der Waals surface area contributed by atoms with E-state index >= 15 is 0 Å². The van der Waals surface area contributed by atoms with Crippen LogP contribution in [0.15, 0.2) is 36.4 Å². The summed E-state index contributed by atoms with van der Waals surface area (Å²) in [4.78, 5) is 15.1. The van der Waals surface area contributed by atoms with E-state index < -0.39 is 5.97 Å². The number of nitriles is 1. The molecule has 5 nitrogen and oxygen atoms in total. The summed E-state index contributed by atoms with van der Waals surface area (Å²) in [6, 6.07) is 11.9. The number of hydrogen-bond donors (Lipinski definition) is 1. The van der Waals surface area contributed by atoms with Crippen molar-refractivity contribution in [1.29, 1.82) is 5.26 Å². The van der Waals surface area contributed by atoms with Gasteiger partial charge in [0.25, 0.3) is 0 Å². The molecule has 0 saturated carbocycles. The molecule has 0 spiro atoms. The first-order valence-corrected chi connectivity index (χ1v) is 5.94. The van der Waals surface area contributed by atoms with Crippen LogP contribution in [0.25, 0.3) is 0 Å². The van der Waals surface area contributed by atoms with Gasteiger partial charge in [-0.15, -0.1) is 0 Å². The van der Waals surface area contributed by atoms with Crippen LogP contribution in [0, 0.1) is 18.3 Å². The van der Waals surface area contributed by atoms with Gasteiger partial charge < -0.3 is 9.84 Å². The predicted octanol–water partition coefficient (Wildman–Crippen LogP) is 2.95. The predicted molar refractivity (Wildman–Crippen MR) is 71.8 cm³/mol. The molecule has 20 heavy (non-hydrogen) atoms. The first-order valence-electron chi connectivity index (χ1n) is 5.94. The lowest BCUT2D eigenvalue weighted by Gasteiger charge is -2.07. The van der Waals surface area contributed by atoms with E-state index in [0.29, 0.717) is 17.9 Å². The highest BCUT2D eigenvalue weighted by atomic mass is 16.5. The fourth-order valence-electron chi connectivity index (χ4n) is 1.70. The molecular weight excluding hydrogens is 256 g/mol. The molecule has 0 aliphatic carbocycles. The Morgan fingerprint density at radius 2 is 2.05 bits per heavy atom. The van der Waals surface area contributed by atoms with Gasteiger partial charge in [0.2, 0.25) is 5.88 Å².